The molecule has 1 atom stereocenters. The van der Waals surface area contributed by atoms with Gasteiger partial charge < -0.3 is 15.0 Å². The average Bonchev–Trinajstić information content (AvgIpc) is 2.66. The highest BCUT2D eigenvalue weighted by Crippen LogP contribution is 2.33. The molecule has 0 unspecified atom stereocenters. The molecule has 5 nitrogen and oxygen atoms in total. The van der Waals surface area contributed by atoms with Crippen molar-refractivity contribution in [3.05, 3.63) is 30.1 Å². The quantitative estimate of drug-likeness (QED) is 0.884. The van der Waals surface area contributed by atoms with Gasteiger partial charge >= 0.3 is 6.18 Å². The van der Waals surface area contributed by atoms with Crippen LogP contribution in [0.25, 0.3) is 0 Å². The smallest absolute Gasteiger partial charge is 0.381 e. The van der Waals surface area contributed by atoms with Gasteiger partial charge in [-0.2, -0.15) is 13.2 Å². The van der Waals surface area contributed by atoms with E-state index in [1.165, 1.54) is 18.3 Å². The minimum atomic E-state index is -4.55. The summed E-state index contributed by atoms with van der Waals surface area (Å²) in [6.07, 6.45) is 1.13. The van der Waals surface area contributed by atoms with E-state index in [0.717, 1.165) is 45.3 Å². The summed E-state index contributed by atoms with van der Waals surface area (Å²) in [5.74, 6) is -0.907. The van der Waals surface area contributed by atoms with Crippen LogP contribution in [0.4, 0.5) is 13.2 Å². The predicted octanol–water partition coefficient (Wildman–Crippen LogP) is 2.69. The molecule has 0 radical (unpaired) electrons. The number of nitrogens with one attached hydrogen (secondary N) is 1. The van der Waals surface area contributed by atoms with E-state index in [1.807, 2.05) is 0 Å². The van der Waals surface area contributed by atoms with Crippen molar-refractivity contribution < 1.29 is 22.7 Å². The molecule has 2 aliphatic rings. The van der Waals surface area contributed by atoms with Crippen molar-refractivity contribution >= 4 is 5.91 Å². The molecule has 144 valence electrons. The minimum Gasteiger partial charge on any atom is -0.381 e. The predicted molar refractivity (Wildman–Crippen MR) is 89.3 cm³/mol. The maximum Gasteiger partial charge on any atom is 0.412 e. The third-order valence-corrected chi connectivity index (χ3v) is 5.24. The highest BCUT2D eigenvalue weighted by atomic mass is 19.4. The van der Waals surface area contributed by atoms with Crippen LogP contribution in [0.5, 0.6) is 0 Å². The number of hydrogen-bond acceptors (Lipinski definition) is 4. The van der Waals surface area contributed by atoms with Crippen LogP contribution in [-0.2, 0) is 9.53 Å². The molecule has 1 N–H and O–H groups in total. The lowest BCUT2D eigenvalue weighted by Gasteiger charge is -2.39. The maximum absolute atomic E-state index is 13.4. The van der Waals surface area contributed by atoms with E-state index >= 15 is 0 Å². The summed E-state index contributed by atoms with van der Waals surface area (Å²) in [7, 11) is 0. The van der Waals surface area contributed by atoms with Gasteiger partial charge in [0.05, 0.1) is 0 Å². The zero-order valence-corrected chi connectivity index (χ0v) is 14.5. The molecule has 1 amide bonds. The van der Waals surface area contributed by atoms with E-state index < -0.39 is 18.1 Å². The Morgan fingerprint density at radius 2 is 1.92 bits per heavy atom. The van der Waals surface area contributed by atoms with Crippen LogP contribution in [0.15, 0.2) is 24.5 Å². The van der Waals surface area contributed by atoms with E-state index in [-0.39, 0.29) is 11.5 Å². The molecular weight excluding hydrogens is 347 g/mol. The standard InChI is InChI=1S/C18H24F3N3O2/c19-18(20,21)16(14-2-1-7-22-12-14)23-17(25)13-3-8-24(9-4-13)15-5-10-26-11-6-15/h1-2,7,12-13,15-16H,3-6,8-11H2,(H,23,25)/t16-/m1/s1. The highest BCUT2D eigenvalue weighted by molar-refractivity contribution is 5.79. The van der Waals surface area contributed by atoms with Gasteiger partial charge in [0.2, 0.25) is 5.91 Å². The van der Waals surface area contributed by atoms with E-state index in [4.69, 9.17) is 4.74 Å². The second kappa shape index (κ2) is 8.35. The van der Waals surface area contributed by atoms with Crippen molar-refractivity contribution in [3.8, 4) is 0 Å². The first-order valence-corrected chi connectivity index (χ1v) is 9.04. The van der Waals surface area contributed by atoms with Gasteiger partial charge in [-0.05, 0) is 44.8 Å². The second-order valence-corrected chi connectivity index (χ2v) is 6.92. The van der Waals surface area contributed by atoms with Gasteiger partial charge in [-0.15, -0.1) is 0 Å². The molecule has 0 spiro atoms. The summed E-state index contributed by atoms with van der Waals surface area (Å²) in [6.45, 7) is 2.99. The third kappa shape index (κ3) is 4.73. The first kappa shape index (κ1) is 19.1. The van der Waals surface area contributed by atoms with Crippen molar-refractivity contribution in [2.24, 2.45) is 5.92 Å². The van der Waals surface area contributed by atoms with Crippen LogP contribution in [0.2, 0.25) is 0 Å². The Morgan fingerprint density at radius 3 is 2.50 bits per heavy atom. The van der Waals surface area contributed by atoms with Gasteiger partial charge in [0.25, 0.3) is 0 Å². The number of pyridine rings is 1. The van der Waals surface area contributed by atoms with Gasteiger partial charge in [0.1, 0.15) is 0 Å². The van der Waals surface area contributed by atoms with Crippen molar-refractivity contribution in [2.75, 3.05) is 26.3 Å². The molecule has 0 bridgehead atoms. The summed E-state index contributed by atoms with van der Waals surface area (Å²) in [5, 5.41) is 2.19. The van der Waals surface area contributed by atoms with E-state index in [1.54, 1.807) is 0 Å². The number of likely N-dealkylation sites (tertiary alicyclic amines) is 1. The van der Waals surface area contributed by atoms with Gasteiger partial charge in [0, 0.05) is 43.1 Å². The molecule has 26 heavy (non-hydrogen) atoms. The SMILES string of the molecule is O=C(N[C@H](c1cccnc1)C(F)(F)F)C1CCN(C2CCOCC2)CC1. The molecule has 3 rings (SSSR count). The number of rotatable bonds is 4. The number of alkyl halides is 3. The van der Waals surface area contributed by atoms with Crippen molar-refractivity contribution in [3.63, 3.8) is 0 Å². The molecule has 0 aromatic carbocycles. The topological polar surface area (TPSA) is 54.5 Å². The van der Waals surface area contributed by atoms with Crippen molar-refractivity contribution in [1.82, 2.24) is 15.2 Å². The number of aromatic nitrogens is 1. The summed E-state index contributed by atoms with van der Waals surface area (Å²) >= 11 is 0. The van der Waals surface area contributed by atoms with Crippen LogP contribution >= 0.6 is 0 Å². The Hall–Kier alpha value is -1.67. The Balaban J connectivity index is 1.57. The summed E-state index contributed by atoms with van der Waals surface area (Å²) in [6, 6.07) is 1.22. The lowest BCUT2D eigenvalue weighted by molar-refractivity contribution is -0.165. The largest absolute Gasteiger partial charge is 0.412 e. The lowest BCUT2D eigenvalue weighted by atomic mass is 9.93. The lowest BCUT2D eigenvalue weighted by Crippen LogP contribution is -2.48. The highest BCUT2D eigenvalue weighted by Gasteiger charge is 2.43. The maximum atomic E-state index is 13.4. The number of piperidine rings is 1. The summed E-state index contributed by atoms with van der Waals surface area (Å²) in [5.41, 5.74) is -0.0482. The number of amides is 1. The van der Waals surface area contributed by atoms with Gasteiger partial charge in [-0.25, -0.2) is 0 Å². The van der Waals surface area contributed by atoms with E-state index in [9.17, 15) is 18.0 Å². The van der Waals surface area contributed by atoms with Crippen LogP contribution in [0.1, 0.15) is 37.3 Å². The van der Waals surface area contributed by atoms with E-state index in [0.29, 0.717) is 18.9 Å². The number of nitrogens with zero attached hydrogens (tertiary/aromatic N) is 2. The fourth-order valence-electron chi connectivity index (χ4n) is 3.74. The fourth-order valence-corrected chi connectivity index (χ4v) is 3.74. The molecule has 1 aromatic heterocycles. The Labute approximate surface area is 150 Å². The molecule has 2 aliphatic heterocycles. The zero-order valence-electron chi connectivity index (χ0n) is 14.5. The van der Waals surface area contributed by atoms with E-state index in [2.05, 4.69) is 15.2 Å². The van der Waals surface area contributed by atoms with Crippen LogP contribution in [-0.4, -0.2) is 54.3 Å². The number of halogens is 3. The number of ether oxygens (including phenoxy) is 1. The first-order chi connectivity index (χ1) is 12.4. The fraction of sp³-hybridized carbons (Fsp3) is 0.667. The minimum absolute atomic E-state index is 0.0482. The second-order valence-electron chi connectivity index (χ2n) is 6.92. The molecular formula is C18H24F3N3O2. The Kier molecular flexibility index (Phi) is 6.13. The normalized spacial score (nSPS) is 22.1. The van der Waals surface area contributed by atoms with Crippen LogP contribution in [0, 0.1) is 5.92 Å². The first-order valence-electron chi connectivity index (χ1n) is 9.04. The zero-order chi connectivity index (χ0) is 18.6. The van der Waals surface area contributed by atoms with Gasteiger partial charge in [-0.1, -0.05) is 6.07 Å². The Morgan fingerprint density at radius 1 is 1.23 bits per heavy atom. The number of carbonyl (C=O) groups excluding carboxylic acids is 1. The molecule has 3 heterocycles. The summed E-state index contributed by atoms with van der Waals surface area (Å²) in [4.78, 5) is 18.5. The molecule has 2 saturated heterocycles. The summed E-state index contributed by atoms with van der Waals surface area (Å²) < 4.78 is 45.5. The van der Waals surface area contributed by atoms with Crippen molar-refractivity contribution in [2.45, 2.75) is 43.9 Å². The molecule has 1 aromatic rings. The molecule has 2 fully saturated rings. The molecule has 0 saturated carbocycles. The number of carbonyl (C=O) groups is 1. The number of hydrogen-bond donors (Lipinski definition) is 1. The third-order valence-electron chi connectivity index (χ3n) is 5.24. The van der Waals surface area contributed by atoms with Crippen LogP contribution < -0.4 is 5.32 Å². The van der Waals surface area contributed by atoms with Crippen molar-refractivity contribution in [1.29, 1.82) is 0 Å². The average molecular weight is 371 g/mol. The Bertz CT molecular complexity index is 583. The molecule has 8 heteroatoms. The monoisotopic (exact) mass is 371 g/mol. The van der Waals surface area contributed by atoms with Crippen LogP contribution in [0.3, 0.4) is 0 Å². The van der Waals surface area contributed by atoms with Gasteiger partial charge in [-0.3, -0.25) is 9.78 Å². The molecule has 0 aliphatic carbocycles. The van der Waals surface area contributed by atoms with Gasteiger partial charge in [0.15, 0.2) is 6.04 Å².